The molecule has 138 valence electrons. The van der Waals surface area contributed by atoms with E-state index >= 15 is 0 Å². The number of rotatable bonds is 5. The second kappa shape index (κ2) is 8.04. The van der Waals surface area contributed by atoms with Crippen molar-refractivity contribution in [2.24, 2.45) is 0 Å². The number of hydrogen-bond acceptors (Lipinski definition) is 3. The zero-order valence-corrected chi connectivity index (χ0v) is 15.9. The van der Waals surface area contributed by atoms with Crippen LogP contribution >= 0.6 is 0 Å². The van der Waals surface area contributed by atoms with Crippen molar-refractivity contribution in [2.75, 3.05) is 0 Å². The number of benzene rings is 2. The van der Waals surface area contributed by atoms with Crippen LogP contribution in [-0.4, -0.2) is 21.1 Å². The predicted octanol–water partition coefficient (Wildman–Crippen LogP) is 4.95. The van der Waals surface area contributed by atoms with Gasteiger partial charge in [0.2, 0.25) is 0 Å². The number of carbonyl (C=O) groups excluding carboxylic acids is 1. The topological polar surface area (TPSA) is 44.1 Å². The minimum absolute atomic E-state index is 0.338. The Hall–Kier alpha value is -3.14. The van der Waals surface area contributed by atoms with Gasteiger partial charge in [0.1, 0.15) is 5.60 Å². The van der Waals surface area contributed by atoms with Crippen LogP contribution in [0.5, 0.6) is 0 Å². The van der Waals surface area contributed by atoms with Crippen LogP contribution in [0, 0.1) is 0 Å². The Balaban J connectivity index is 1.68. The van der Waals surface area contributed by atoms with Gasteiger partial charge in [0, 0.05) is 24.4 Å². The van der Waals surface area contributed by atoms with Gasteiger partial charge in [-0.15, -0.1) is 0 Å². The van der Waals surface area contributed by atoms with E-state index < -0.39 is 5.60 Å². The van der Waals surface area contributed by atoms with Gasteiger partial charge >= 0.3 is 5.97 Å². The fourth-order valence-electron chi connectivity index (χ4n) is 2.71. The van der Waals surface area contributed by atoms with Crippen molar-refractivity contribution >= 4 is 12.0 Å². The first kappa shape index (κ1) is 18.6. The quantitative estimate of drug-likeness (QED) is 0.477. The number of hydrogen-bond donors (Lipinski definition) is 0. The number of ether oxygens (including phenoxy) is 1. The maximum absolute atomic E-state index is 11.8. The molecule has 0 fully saturated rings. The molecule has 0 spiro atoms. The smallest absolute Gasteiger partial charge is 0.331 e. The molecule has 0 saturated carbocycles. The van der Waals surface area contributed by atoms with Crippen LogP contribution < -0.4 is 0 Å². The highest BCUT2D eigenvalue weighted by Crippen LogP contribution is 2.17. The second-order valence-corrected chi connectivity index (χ2v) is 7.41. The number of aromatic nitrogens is 2. The minimum atomic E-state index is -0.485. The summed E-state index contributed by atoms with van der Waals surface area (Å²) in [7, 11) is 0. The fraction of sp³-hybridized carbons (Fsp3) is 0.217. The molecule has 0 saturated heterocycles. The Labute approximate surface area is 160 Å². The van der Waals surface area contributed by atoms with E-state index in [0.717, 1.165) is 22.4 Å². The van der Waals surface area contributed by atoms with Crippen LogP contribution in [0.3, 0.4) is 0 Å². The lowest BCUT2D eigenvalue weighted by atomic mass is 10.1. The molecular formula is C23H24N2O2. The van der Waals surface area contributed by atoms with Crippen LogP contribution in [0.1, 0.15) is 31.9 Å². The summed E-state index contributed by atoms with van der Waals surface area (Å²) in [5, 5.41) is 0. The molecule has 0 aliphatic heterocycles. The van der Waals surface area contributed by atoms with E-state index in [2.05, 4.69) is 33.8 Å². The first-order valence-corrected chi connectivity index (χ1v) is 8.96. The van der Waals surface area contributed by atoms with Crippen molar-refractivity contribution in [3.63, 3.8) is 0 Å². The van der Waals surface area contributed by atoms with E-state index in [1.807, 2.05) is 63.6 Å². The lowest BCUT2D eigenvalue weighted by Crippen LogP contribution is -2.22. The second-order valence-electron chi connectivity index (χ2n) is 7.41. The number of carbonyl (C=O) groups is 1. The molecule has 3 aromatic rings. The van der Waals surface area contributed by atoms with Crippen molar-refractivity contribution in [1.82, 2.24) is 9.55 Å². The van der Waals surface area contributed by atoms with Crippen LogP contribution in [0.25, 0.3) is 17.3 Å². The zero-order chi connectivity index (χ0) is 19.3. The molecule has 1 aromatic heterocycles. The standard InChI is InChI=1S/C23H24N2O2/c1-23(2,3)27-22(26)13-12-18-8-7-9-19(14-18)15-25-16-21(24-17-25)20-10-5-4-6-11-20/h4-14,16-17H,15H2,1-3H3. The van der Waals surface area contributed by atoms with Gasteiger partial charge in [-0.3, -0.25) is 0 Å². The Kier molecular flexibility index (Phi) is 5.55. The van der Waals surface area contributed by atoms with E-state index in [1.165, 1.54) is 6.08 Å². The Bertz CT molecular complexity index is 934. The van der Waals surface area contributed by atoms with Gasteiger partial charge in [-0.05, 0) is 44.0 Å². The molecule has 0 unspecified atom stereocenters. The van der Waals surface area contributed by atoms with Gasteiger partial charge in [0.05, 0.1) is 12.0 Å². The monoisotopic (exact) mass is 360 g/mol. The molecule has 0 radical (unpaired) electrons. The highest BCUT2D eigenvalue weighted by molar-refractivity contribution is 5.87. The molecule has 1 heterocycles. The van der Waals surface area contributed by atoms with E-state index in [1.54, 1.807) is 6.08 Å². The average molecular weight is 360 g/mol. The summed E-state index contributed by atoms with van der Waals surface area (Å²) in [5.74, 6) is -0.338. The Morgan fingerprint density at radius 3 is 2.63 bits per heavy atom. The zero-order valence-electron chi connectivity index (χ0n) is 15.9. The first-order valence-electron chi connectivity index (χ1n) is 8.96. The van der Waals surface area contributed by atoms with Crippen LogP contribution in [-0.2, 0) is 16.1 Å². The third kappa shape index (κ3) is 5.68. The van der Waals surface area contributed by atoms with Crippen molar-refractivity contribution < 1.29 is 9.53 Å². The largest absolute Gasteiger partial charge is 0.457 e. The van der Waals surface area contributed by atoms with E-state index in [4.69, 9.17) is 4.74 Å². The van der Waals surface area contributed by atoms with Crippen molar-refractivity contribution in [3.05, 3.63) is 84.3 Å². The number of nitrogens with zero attached hydrogens (tertiary/aromatic N) is 2. The number of esters is 1. The minimum Gasteiger partial charge on any atom is -0.457 e. The molecule has 3 rings (SSSR count). The van der Waals surface area contributed by atoms with Crippen LogP contribution in [0.15, 0.2) is 73.2 Å². The van der Waals surface area contributed by atoms with Crippen molar-refractivity contribution in [2.45, 2.75) is 32.9 Å². The van der Waals surface area contributed by atoms with Gasteiger partial charge in [-0.2, -0.15) is 0 Å². The summed E-state index contributed by atoms with van der Waals surface area (Å²) in [5.41, 5.74) is 3.67. The fourth-order valence-corrected chi connectivity index (χ4v) is 2.71. The van der Waals surface area contributed by atoms with Gasteiger partial charge in [-0.1, -0.05) is 48.5 Å². The molecule has 4 heteroatoms. The molecule has 0 aliphatic rings. The summed E-state index contributed by atoms with van der Waals surface area (Å²) in [6.45, 7) is 6.28. The predicted molar refractivity (Wildman–Crippen MR) is 108 cm³/mol. The molecule has 0 N–H and O–H groups in total. The summed E-state index contributed by atoms with van der Waals surface area (Å²) in [4.78, 5) is 16.3. The van der Waals surface area contributed by atoms with Gasteiger partial charge in [0.25, 0.3) is 0 Å². The normalized spacial score (nSPS) is 11.7. The lowest BCUT2D eigenvalue weighted by Gasteiger charge is -2.17. The molecular weight excluding hydrogens is 336 g/mol. The van der Waals surface area contributed by atoms with E-state index in [9.17, 15) is 4.79 Å². The van der Waals surface area contributed by atoms with Gasteiger partial charge < -0.3 is 9.30 Å². The highest BCUT2D eigenvalue weighted by atomic mass is 16.6. The Morgan fingerprint density at radius 1 is 1.11 bits per heavy atom. The molecule has 0 amide bonds. The highest BCUT2D eigenvalue weighted by Gasteiger charge is 2.13. The van der Waals surface area contributed by atoms with Gasteiger partial charge in [-0.25, -0.2) is 9.78 Å². The van der Waals surface area contributed by atoms with E-state index in [-0.39, 0.29) is 5.97 Å². The molecule has 0 aliphatic carbocycles. The summed E-state index contributed by atoms with van der Waals surface area (Å²) in [6, 6.07) is 18.2. The third-order valence-electron chi connectivity index (χ3n) is 3.84. The Morgan fingerprint density at radius 2 is 1.89 bits per heavy atom. The van der Waals surface area contributed by atoms with Gasteiger partial charge in [0.15, 0.2) is 0 Å². The van der Waals surface area contributed by atoms with E-state index in [0.29, 0.717) is 6.54 Å². The molecule has 0 bridgehead atoms. The number of imidazole rings is 1. The molecule has 2 aromatic carbocycles. The average Bonchev–Trinajstić information content (AvgIpc) is 3.08. The van der Waals surface area contributed by atoms with Crippen molar-refractivity contribution in [1.29, 1.82) is 0 Å². The third-order valence-corrected chi connectivity index (χ3v) is 3.84. The molecule has 4 nitrogen and oxygen atoms in total. The molecule has 27 heavy (non-hydrogen) atoms. The molecule has 0 atom stereocenters. The maximum Gasteiger partial charge on any atom is 0.331 e. The summed E-state index contributed by atoms with van der Waals surface area (Å²) < 4.78 is 7.35. The van der Waals surface area contributed by atoms with Crippen molar-refractivity contribution in [3.8, 4) is 11.3 Å². The first-order chi connectivity index (χ1) is 12.9. The maximum atomic E-state index is 11.8. The van der Waals surface area contributed by atoms with Crippen LogP contribution in [0.4, 0.5) is 0 Å². The lowest BCUT2D eigenvalue weighted by molar-refractivity contribution is -0.148. The summed E-state index contributed by atoms with van der Waals surface area (Å²) in [6.07, 6.45) is 7.13. The SMILES string of the molecule is CC(C)(C)OC(=O)C=Cc1cccc(Cn2cnc(-c3ccccc3)c2)c1. The van der Waals surface area contributed by atoms with Crippen LogP contribution in [0.2, 0.25) is 0 Å². The summed E-state index contributed by atoms with van der Waals surface area (Å²) >= 11 is 0.